The summed E-state index contributed by atoms with van der Waals surface area (Å²) in [6, 6.07) is 3.41. The van der Waals surface area contributed by atoms with E-state index in [4.69, 9.17) is 9.47 Å². The quantitative estimate of drug-likeness (QED) is 0.860. The topological polar surface area (TPSA) is 60.5 Å². The summed E-state index contributed by atoms with van der Waals surface area (Å²) in [5, 5.41) is 2.94. The molecule has 1 aromatic rings. The summed E-state index contributed by atoms with van der Waals surface area (Å²) in [4.78, 5) is 16.2. The third-order valence-corrected chi connectivity index (χ3v) is 3.71. The lowest BCUT2D eigenvalue weighted by molar-refractivity contribution is 0.0951. The molecule has 2 aliphatic rings. The molecule has 1 atom stereocenters. The molecule has 0 radical (unpaired) electrons. The number of hydrogen-bond acceptors (Lipinski definition) is 4. The van der Waals surface area contributed by atoms with Crippen LogP contribution in [0.4, 0.5) is 0 Å². The van der Waals surface area contributed by atoms with Crippen LogP contribution >= 0.6 is 0 Å². The first-order valence-electron chi connectivity index (χ1n) is 7.30. The first kappa shape index (κ1) is 13.4. The van der Waals surface area contributed by atoms with Gasteiger partial charge in [-0.05, 0) is 18.4 Å². The maximum Gasteiger partial charge on any atom is 0.251 e. The number of carbonyl (C=O) groups is 1. The van der Waals surface area contributed by atoms with Crippen molar-refractivity contribution < 1.29 is 14.3 Å². The summed E-state index contributed by atoms with van der Waals surface area (Å²) in [6.07, 6.45) is 6.25. The molecule has 0 spiro atoms. The SMILES string of the molecule is O=C(NCCC1CC1)c1ccnc(OC2CCOC2)c1. The molecule has 1 unspecified atom stereocenters. The van der Waals surface area contributed by atoms with Gasteiger partial charge in [-0.3, -0.25) is 4.79 Å². The van der Waals surface area contributed by atoms with Crippen LogP contribution in [0, 0.1) is 5.92 Å². The van der Waals surface area contributed by atoms with Crippen molar-refractivity contribution in [3.63, 3.8) is 0 Å². The van der Waals surface area contributed by atoms with Gasteiger partial charge in [0.2, 0.25) is 5.88 Å². The average molecular weight is 276 g/mol. The van der Waals surface area contributed by atoms with E-state index in [2.05, 4.69) is 10.3 Å². The van der Waals surface area contributed by atoms with E-state index in [1.165, 1.54) is 12.8 Å². The number of nitrogens with one attached hydrogen (secondary N) is 1. The van der Waals surface area contributed by atoms with Gasteiger partial charge < -0.3 is 14.8 Å². The van der Waals surface area contributed by atoms with E-state index in [-0.39, 0.29) is 12.0 Å². The molecule has 3 rings (SSSR count). The van der Waals surface area contributed by atoms with Crippen molar-refractivity contribution >= 4 is 5.91 Å². The molecule has 0 aromatic carbocycles. The number of ether oxygens (including phenoxy) is 2. The van der Waals surface area contributed by atoms with Crippen LogP contribution in [0.5, 0.6) is 5.88 Å². The molecule has 2 heterocycles. The minimum absolute atomic E-state index is 0.0516. The number of amides is 1. The van der Waals surface area contributed by atoms with Gasteiger partial charge in [-0.2, -0.15) is 0 Å². The summed E-state index contributed by atoms with van der Waals surface area (Å²) in [7, 11) is 0. The number of aromatic nitrogens is 1. The van der Waals surface area contributed by atoms with Crippen LogP contribution in [0.25, 0.3) is 0 Å². The zero-order chi connectivity index (χ0) is 13.8. The Hall–Kier alpha value is -1.62. The van der Waals surface area contributed by atoms with Crippen molar-refractivity contribution in [2.24, 2.45) is 5.92 Å². The highest BCUT2D eigenvalue weighted by Crippen LogP contribution is 2.31. The second kappa shape index (κ2) is 6.22. The Morgan fingerprint density at radius 3 is 3.10 bits per heavy atom. The maximum atomic E-state index is 12.0. The van der Waals surface area contributed by atoms with Crippen LogP contribution in [0.15, 0.2) is 18.3 Å². The van der Waals surface area contributed by atoms with E-state index in [1.807, 2.05) is 0 Å². The fraction of sp³-hybridized carbons (Fsp3) is 0.600. The highest BCUT2D eigenvalue weighted by Gasteiger charge is 2.21. The van der Waals surface area contributed by atoms with Crippen molar-refractivity contribution in [2.45, 2.75) is 31.8 Å². The molecule has 0 bridgehead atoms. The molecule has 5 heteroatoms. The van der Waals surface area contributed by atoms with E-state index in [9.17, 15) is 4.79 Å². The Labute approximate surface area is 118 Å². The van der Waals surface area contributed by atoms with Crippen molar-refractivity contribution in [1.29, 1.82) is 0 Å². The Morgan fingerprint density at radius 1 is 1.45 bits per heavy atom. The minimum atomic E-state index is -0.0550. The normalized spacial score (nSPS) is 21.7. The summed E-state index contributed by atoms with van der Waals surface area (Å²) >= 11 is 0. The molecule has 1 N–H and O–H groups in total. The zero-order valence-electron chi connectivity index (χ0n) is 11.5. The van der Waals surface area contributed by atoms with E-state index >= 15 is 0 Å². The first-order chi connectivity index (χ1) is 9.81. The molecule has 108 valence electrons. The molecule has 1 aromatic heterocycles. The lowest BCUT2D eigenvalue weighted by Gasteiger charge is -2.11. The van der Waals surface area contributed by atoms with Crippen molar-refractivity contribution in [3.05, 3.63) is 23.9 Å². The molecule has 1 saturated carbocycles. The molecule has 20 heavy (non-hydrogen) atoms. The maximum absolute atomic E-state index is 12.0. The van der Waals surface area contributed by atoms with E-state index < -0.39 is 0 Å². The molecular weight excluding hydrogens is 256 g/mol. The highest BCUT2D eigenvalue weighted by atomic mass is 16.5. The fourth-order valence-electron chi connectivity index (χ4n) is 2.29. The lowest BCUT2D eigenvalue weighted by atomic mass is 10.2. The van der Waals surface area contributed by atoms with Crippen molar-refractivity contribution in [3.8, 4) is 5.88 Å². The Balaban J connectivity index is 1.53. The van der Waals surface area contributed by atoms with E-state index in [1.54, 1.807) is 18.3 Å². The van der Waals surface area contributed by atoms with Crippen LogP contribution in [-0.2, 0) is 4.74 Å². The number of hydrogen-bond donors (Lipinski definition) is 1. The van der Waals surface area contributed by atoms with Gasteiger partial charge in [-0.25, -0.2) is 4.98 Å². The van der Waals surface area contributed by atoms with Crippen LogP contribution in [0.3, 0.4) is 0 Å². The van der Waals surface area contributed by atoms with Gasteiger partial charge in [0.05, 0.1) is 13.2 Å². The smallest absolute Gasteiger partial charge is 0.251 e. The van der Waals surface area contributed by atoms with E-state index in [0.29, 0.717) is 18.1 Å². The van der Waals surface area contributed by atoms with Gasteiger partial charge in [-0.15, -0.1) is 0 Å². The Bertz CT molecular complexity index is 468. The minimum Gasteiger partial charge on any atom is -0.472 e. The summed E-state index contributed by atoms with van der Waals surface area (Å²) in [5.41, 5.74) is 0.602. The van der Waals surface area contributed by atoms with Gasteiger partial charge in [-0.1, -0.05) is 12.8 Å². The zero-order valence-corrected chi connectivity index (χ0v) is 11.5. The van der Waals surface area contributed by atoms with E-state index in [0.717, 1.165) is 31.9 Å². The molecule has 1 saturated heterocycles. The van der Waals surface area contributed by atoms with Gasteiger partial charge in [0.1, 0.15) is 6.10 Å². The van der Waals surface area contributed by atoms with Crippen LogP contribution < -0.4 is 10.1 Å². The molecular formula is C15H20N2O3. The summed E-state index contributed by atoms with van der Waals surface area (Å²) in [6.45, 7) is 2.07. The molecule has 1 aliphatic carbocycles. The van der Waals surface area contributed by atoms with Crippen molar-refractivity contribution in [2.75, 3.05) is 19.8 Å². The summed E-state index contributed by atoms with van der Waals surface area (Å²) in [5.74, 6) is 1.27. The lowest BCUT2D eigenvalue weighted by Crippen LogP contribution is -2.25. The fourth-order valence-corrected chi connectivity index (χ4v) is 2.29. The predicted molar refractivity (Wildman–Crippen MR) is 73.8 cm³/mol. The number of carbonyl (C=O) groups excluding carboxylic acids is 1. The van der Waals surface area contributed by atoms with Crippen LogP contribution in [0.1, 0.15) is 36.0 Å². The van der Waals surface area contributed by atoms with Gasteiger partial charge in [0.15, 0.2) is 0 Å². The molecule has 1 amide bonds. The number of rotatable bonds is 6. The highest BCUT2D eigenvalue weighted by molar-refractivity contribution is 5.94. The Kier molecular flexibility index (Phi) is 4.16. The van der Waals surface area contributed by atoms with Crippen LogP contribution in [-0.4, -0.2) is 36.8 Å². The standard InChI is InChI=1S/C15H20N2O3/c18-15(17-6-3-11-1-2-11)12-4-7-16-14(9-12)20-13-5-8-19-10-13/h4,7,9,11,13H,1-3,5-6,8,10H2,(H,17,18). The van der Waals surface area contributed by atoms with Gasteiger partial charge >= 0.3 is 0 Å². The average Bonchev–Trinajstić information content (AvgIpc) is 3.14. The van der Waals surface area contributed by atoms with Gasteiger partial charge in [0.25, 0.3) is 5.91 Å². The Morgan fingerprint density at radius 2 is 2.35 bits per heavy atom. The first-order valence-corrected chi connectivity index (χ1v) is 7.30. The number of pyridine rings is 1. The van der Waals surface area contributed by atoms with Crippen molar-refractivity contribution in [1.82, 2.24) is 10.3 Å². The monoisotopic (exact) mass is 276 g/mol. The third-order valence-electron chi connectivity index (χ3n) is 3.71. The predicted octanol–water partition coefficient (Wildman–Crippen LogP) is 1.78. The second-order valence-electron chi connectivity index (χ2n) is 5.47. The van der Waals surface area contributed by atoms with Crippen LogP contribution in [0.2, 0.25) is 0 Å². The molecule has 2 fully saturated rings. The summed E-state index contributed by atoms with van der Waals surface area (Å²) < 4.78 is 11.0. The molecule has 5 nitrogen and oxygen atoms in total. The largest absolute Gasteiger partial charge is 0.472 e. The molecule has 1 aliphatic heterocycles. The van der Waals surface area contributed by atoms with Gasteiger partial charge in [0, 0.05) is 30.8 Å². The third kappa shape index (κ3) is 3.70. The second-order valence-corrected chi connectivity index (χ2v) is 5.47. The number of nitrogens with zero attached hydrogens (tertiary/aromatic N) is 1.